The second kappa shape index (κ2) is 7.29. The minimum atomic E-state index is -4.55. The summed E-state index contributed by atoms with van der Waals surface area (Å²) in [5.74, 6) is 0.0495. The summed E-state index contributed by atoms with van der Waals surface area (Å²) in [4.78, 5) is 20.1. The van der Waals surface area contributed by atoms with Gasteiger partial charge in [-0.05, 0) is 18.1 Å². The van der Waals surface area contributed by atoms with Crippen LogP contribution in [-0.2, 0) is 6.18 Å². The molecule has 5 nitrogen and oxygen atoms in total. The van der Waals surface area contributed by atoms with Crippen molar-refractivity contribution in [2.75, 3.05) is 17.2 Å². The van der Waals surface area contributed by atoms with Crippen LogP contribution in [0.3, 0.4) is 0 Å². The van der Waals surface area contributed by atoms with Crippen molar-refractivity contribution in [1.29, 1.82) is 0 Å². The Kier molecular flexibility index (Phi) is 5.38. The molecule has 0 aliphatic heterocycles. The lowest BCUT2D eigenvalue weighted by Gasteiger charge is -2.13. The quantitative estimate of drug-likeness (QED) is 0.870. The molecule has 24 heavy (non-hydrogen) atoms. The minimum absolute atomic E-state index is 0.0714. The van der Waals surface area contributed by atoms with Crippen LogP contribution in [0.15, 0.2) is 36.7 Å². The number of amides is 1. The molecule has 0 bridgehead atoms. The van der Waals surface area contributed by atoms with Crippen LogP contribution >= 0.6 is 0 Å². The van der Waals surface area contributed by atoms with Gasteiger partial charge in [0, 0.05) is 18.9 Å². The molecule has 1 heterocycles. The predicted octanol–water partition coefficient (Wildman–Crippen LogP) is 3.82. The van der Waals surface area contributed by atoms with E-state index in [0.717, 1.165) is 6.07 Å². The van der Waals surface area contributed by atoms with E-state index in [9.17, 15) is 18.0 Å². The molecule has 1 aromatic heterocycles. The maximum absolute atomic E-state index is 12.9. The summed E-state index contributed by atoms with van der Waals surface area (Å²) in [6.07, 6.45) is -2.02. The summed E-state index contributed by atoms with van der Waals surface area (Å²) in [6.45, 7) is 4.71. The first-order chi connectivity index (χ1) is 11.3. The standard InChI is InChI=1S/C16H17F3N4O/c1-10(2)7-20-15-21-8-11(9-22-15)14(24)23-13-6-4-3-5-12(13)16(17,18)19/h3-6,8-10H,7H2,1-2H3,(H,23,24)(H,20,21,22). The molecule has 128 valence electrons. The van der Waals surface area contributed by atoms with Gasteiger partial charge in [-0.3, -0.25) is 4.79 Å². The maximum Gasteiger partial charge on any atom is 0.418 e. The van der Waals surface area contributed by atoms with Crippen molar-refractivity contribution in [3.8, 4) is 0 Å². The molecule has 0 atom stereocenters. The van der Waals surface area contributed by atoms with Crippen LogP contribution < -0.4 is 10.6 Å². The van der Waals surface area contributed by atoms with Gasteiger partial charge < -0.3 is 10.6 Å². The molecule has 2 aromatic rings. The Bertz CT molecular complexity index is 699. The number of benzene rings is 1. The molecule has 0 saturated heterocycles. The number of hydrogen-bond donors (Lipinski definition) is 2. The maximum atomic E-state index is 12.9. The fourth-order valence-electron chi connectivity index (χ4n) is 1.87. The highest BCUT2D eigenvalue weighted by Crippen LogP contribution is 2.34. The minimum Gasteiger partial charge on any atom is -0.354 e. The van der Waals surface area contributed by atoms with Crippen molar-refractivity contribution in [1.82, 2.24) is 9.97 Å². The largest absolute Gasteiger partial charge is 0.418 e. The molecule has 2 rings (SSSR count). The van der Waals surface area contributed by atoms with E-state index in [2.05, 4.69) is 20.6 Å². The van der Waals surface area contributed by atoms with Crippen LogP contribution in [0.25, 0.3) is 0 Å². The van der Waals surface area contributed by atoms with Crippen LogP contribution in [0.5, 0.6) is 0 Å². The molecular weight excluding hydrogens is 321 g/mol. The molecule has 1 aromatic carbocycles. The Balaban J connectivity index is 2.11. The molecule has 0 aliphatic rings. The second-order valence-corrected chi connectivity index (χ2v) is 5.57. The first-order valence-electron chi connectivity index (χ1n) is 7.31. The Morgan fingerprint density at radius 3 is 2.38 bits per heavy atom. The number of halogens is 3. The molecule has 0 spiro atoms. The zero-order valence-corrected chi connectivity index (χ0v) is 13.2. The topological polar surface area (TPSA) is 66.9 Å². The van der Waals surface area contributed by atoms with E-state index in [1.54, 1.807) is 0 Å². The average molecular weight is 338 g/mol. The van der Waals surface area contributed by atoms with Gasteiger partial charge in [0.2, 0.25) is 5.95 Å². The van der Waals surface area contributed by atoms with E-state index >= 15 is 0 Å². The monoisotopic (exact) mass is 338 g/mol. The SMILES string of the molecule is CC(C)CNc1ncc(C(=O)Nc2ccccc2C(F)(F)F)cn1. The van der Waals surface area contributed by atoms with E-state index in [-0.39, 0.29) is 11.3 Å². The van der Waals surface area contributed by atoms with Gasteiger partial charge in [-0.2, -0.15) is 13.2 Å². The molecule has 0 saturated carbocycles. The van der Waals surface area contributed by atoms with Crippen molar-refractivity contribution in [2.24, 2.45) is 5.92 Å². The van der Waals surface area contributed by atoms with Crippen molar-refractivity contribution in [3.05, 3.63) is 47.8 Å². The summed E-state index contributed by atoms with van der Waals surface area (Å²) in [5, 5.41) is 5.23. The summed E-state index contributed by atoms with van der Waals surface area (Å²) in [5.41, 5.74) is -1.14. The molecule has 0 unspecified atom stereocenters. The molecular formula is C16H17F3N4O. The second-order valence-electron chi connectivity index (χ2n) is 5.57. The molecule has 0 radical (unpaired) electrons. The number of para-hydroxylation sites is 1. The van der Waals surface area contributed by atoms with E-state index < -0.39 is 17.6 Å². The van der Waals surface area contributed by atoms with Gasteiger partial charge in [0.1, 0.15) is 0 Å². The van der Waals surface area contributed by atoms with Gasteiger partial charge in [-0.25, -0.2) is 9.97 Å². The third-order valence-electron chi connectivity index (χ3n) is 3.06. The number of nitrogens with one attached hydrogen (secondary N) is 2. The van der Waals surface area contributed by atoms with Crippen LogP contribution in [0.4, 0.5) is 24.8 Å². The summed E-state index contributed by atoms with van der Waals surface area (Å²) in [6, 6.07) is 4.78. The fourth-order valence-corrected chi connectivity index (χ4v) is 1.87. The third-order valence-corrected chi connectivity index (χ3v) is 3.06. The van der Waals surface area contributed by atoms with E-state index in [1.165, 1.54) is 30.6 Å². The highest BCUT2D eigenvalue weighted by atomic mass is 19.4. The van der Waals surface area contributed by atoms with E-state index in [4.69, 9.17) is 0 Å². The first-order valence-corrected chi connectivity index (χ1v) is 7.31. The third kappa shape index (κ3) is 4.68. The molecule has 2 N–H and O–H groups in total. The van der Waals surface area contributed by atoms with Crippen molar-refractivity contribution >= 4 is 17.5 Å². The lowest BCUT2D eigenvalue weighted by Crippen LogP contribution is -2.17. The normalized spacial score (nSPS) is 11.4. The number of alkyl halides is 3. The lowest BCUT2D eigenvalue weighted by molar-refractivity contribution is -0.136. The molecule has 8 heteroatoms. The summed E-state index contributed by atoms with van der Waals surface area (Å²) < 4.78 is 38.8. The van der Waals surface area contributed by atoms with Gasteiger partial charge in [0.15, 0.2) is 0 Å². The van der Waals surface area contributed by atoms with Crippen LogP contribution in [-0.4, -0.2) is 22.4 Å². The lowest BCUT2D eigenvalue weighted by atomic mass is 10.1. The Morgan fingerprint density at radius 1 is 1.17 bits per heavy atom. The molecule has 0 fully saturated rings. The first kappa shape index (κ1) is 17.7. The molecule has 1 amide bonds. The van der Waals surface area contributed by atoms with E-state index in [1.807, 2.05) is 13.8 Å². The molecule has 0 aliphatic carbocycles. The van der Waals surface area contributed by atoms with Crippen LogP contribution in [0.1, 0.15) is 29.8 Å². The van der Waals surface area contributed by atoms with E-state index in [0.29, 0.717) is 18.4 Å². The van der Waals surface area contributed by atoms with Gasteiger partial charge in [-0.15, -0.1) is 0 Å². The number of hydrogen-bond acceptors (Lipinski definition) is 4. The number of carbonyl (C=O) groups excluding carboxylic acids is 1. The number of nitrogens with zero attached hydrogens (tertiary/aromatic N) is 2. The van der Waals surface area contributed by atoms with Crippen molar-refractivity contribution < 1.29 is 18.0 Å². The van der Waals surface area contributed by atoms with Gasteiger partial charge in [0.25, 0.3) is 5.91 Å². The fraction of sp³-hybridized carbons (Fsp3) is 0.312. The summed E-state index contributed by atoms with van der Waals surface area (Å²) >= 11 is 0. The highest BCUT2D eigenvalue weighted by molar-refractivity contribution is 6.04. The van der Waals surface area contributed by atoms with Crippen LogP contribution in [0.2, 0.25) is 0 Å². The highest BCUT2D eigenvalue weighted by Gasteiger charge is 2.33. The van der Waals surface area contributed by atoms with Gasteiger partial charge >= 0.3 is 6.18 Å². The predicted molar refractivity (Wildman–Crippen MR) is 84.8 cm³/mol. The van der Waals surface area contributed by atoms with Crippen molar-refractivity contribution in [3.63, 3.8) is 0 Å². The zero-order chi connectivity index (χ0) is 17.7. The number of carbonyl (C=O) groups is 1. The Morgan fingerprint density at radius 2 is 1.79 bits per heavy atom. The smallest absolute Gasteiger partial charge is 0.354 e. The summed E-state index contributed by atoms with van der Waals surface area (Å²) in [7, 11) is 0. The Labute approximate surface area is 137 Å². The Hall–Kier alpha value is -2.64. The van der Waals surface area contributed by atoms with Crippen LogP contribution in [0, 0.1) is 5.92 Å². The number of anilines is 2. The van der Waals surface area contributed by atoms with Gasteiger partial charge in [-0.1, -0.05) is 26.0 Å². The zero-order valence-electron chi connectivity index (χ0n) is 13.2. The number of rotatable bonds is 5. The van der Waals surface area contributed by atoms with Crippen molar-refractivity contribution in [2.45, 2.75) is 20.0 Å². The average Bonchev–Trinajstić information content (AvgIpc) is 2.53. The van der Waals surface area contributed by atoms with Gasteiger partial charge in [0.05, 0.1) is 16.8 Å². The number of aromatic nitrogens is 2.